The molecule has 0 radical (unpaired) electrons. The summed E-state index contributed by atoms with van der Waals surface area (Å²) >= 11 is 0. The maximum Gasteiger partial charge on any atom is 0.124 e. The molecule has 2 unspecified atom stereocenters. The zero-order chi connectivity index (χ0) is 16.4. The highest BCUT2D eigenvalue weighted by Gasteiger charge is 2.29. The third kappa shape index (κ3) is 3.43. The summed E-state index contributed by atoms with van der Waals surface area (Å²) in [5.74, 6) is 2.54. The SMILES string of the molecule is Cc1cc(C(C)(O)CNC2CCCOc3ccccc32)c(C)o1. The Morgan fingerprint density at radius 3 is 2.83 bits per heavy atom. The quantitative estimate of drug-likeness (QED) is 0.905. The summed E-state index contributed by atoms with van der Waals surface area (Å²) in [5, 5.41) is 14.4. The largest absolute Gasteiger partial charge is 0.493 e. The Balaban J connectivity index is 1.76. The van der Waals surface area contributed by atoms with Crippen molar-refractivity contribution in [1.29, 1.82) is 0 Å². The van der Waals surface area contributed by atoms with Gasteiger partial charge < -0.3 is 19.6 Å². The fourth-order valence-electron chi connectivity index (χ4n) is 3.32. The van der Waals surface area contributed by atoms with Gasteiger partial charge in [-0.25, -0.2) is 0 Å². The molecule has 1 aliphatic heterocycles. The lowest BCUT2D eigenvalue weighted by molar-refractivity contribution is 0.0520. The van der Waals surface area contributed by atoms with Gasteiger partial charge in [-0.3, -0.25) is 0 Å². The van der Waals surface area contributed by atoms with E-state index in [2.05, 4.69) is 11.4 Å². The van der Waals surface area contributed by atoms with Gasteiger partial charge in [-0.1, -0.05) is 18.2 Å². The van der Waals surface area contributed by atoms with Crippen molar-refractivity contribution in [1.82, 2.24) is 5.32 Å². The summed E-state index contributed by atoms with van der Waals surface area (Å²) in [6.07, 6.45) is 1.99. The fourth-order valence-corrected chi connectivity index (χ4v) is 3.32. The van der Waals surface area contributed by atoms with Gasteiger partial charge in [0.2, 0.25) is 0 Å². The molecule has 0 saturated carbocycles. The molecule has 2 atom stereocenters. The van der Waals surface area contributed by atoms with Crippen molar-refractivity contribution in [3.8, 4) is 5.75 Å². The number of nitrogens with one attached hydrogen (secondary N) is 1. The lowest BCUT2D eigenvalue weighted by Gasteiger charge is -2.27. The fraction of sp³-hybridized carbons (Fsp3) is 0.474. The molecule has 0 fully saturated rings. The first-order valence-corrected chi connectivity index (χ1v) is 8.22. The van der Waals surface area contributed by atoms with E-state index in [-0.39, 0.29) is 6.04 Å². The average molecular weight is 315 g/mol. The van der Waals surface area contributed by atoms with Gasteiger partial charge in [0.15, 0.2) is 0 Å². The van der Waals surface area contributed by atoms with E-state index >= 15 is 0 Å². The van der Waals surface area contributed by atoms with Gasteiger partial charge in [-0.15, -0.1) is 0 Å². The van der Waals surface area contributed by atoms with E-state index in [0.29, 0.717) is 6.54 Å². The Morgan fingerprint density at radius 2 is 2.09 bits per heavy atom. The van der Waals surface area contributed by atoms with Crippen LogP contribution in [0, 0.1) is 13.8 Å². The van der Waals surface area contributed by atoms with Crippen LogP contribution in [0.3, 0.4) is 0 Å². The van der Waals surface area contributed by atoms with E-state index in [1.807, 2.05) is 45.0 Å². The number of fused-ring (bicyclic) bond motifs is 1. The lowest BCUT2D eigenvalue weighted by Crippen LogP contribution is -2.37. The first-order chi connectivity index (χ1) is 11.0. The number of para-hydroxylation sites is 1. The normalized spacial score (nSPS) is 20.3. The number of aliphatic hydroxyl groups is 1. The van der Waals surface area contributed by atoms with E-state index in [1.165, 1.54) is 5.56 Å². The van der Waals surface area contributed by atoms with Crippen LogP contribution in [0.4, 0.5) is 0 Å². The smallest absolute Gasteiger partial charge is 0.124 e. The minimum atomic E-state index is -0.968. The van der Waals surface area contributed by atoms with Crippen LogP contribution in [0.2, 0.25) is 0 Å². The number of ether oxygens (including phenoxy) is 1. The number of hydrogen-bond acceptors (Lipinski definition) is 4. The van der Waals surface area contributed by atoms with Crippen molar-refractivity contribution in [2.24, 2.45) is 0 Å². The molecule has 0 bridgehead atoms. The van der Waals surface area contributed by atoms with Crippen LogP contribution < -0.4 is 10.1 Å². The van der Waals surface area contributed by atoms with E-state index in [0.717, 1.165) is 42.3 Å². The summed E-state index contributed by atoms with van der Waals surface area (Å²) in [7, 11) is 0. The predicted molar refractivity (Wildman–Crippen MR) is 89.7 cm³/mol. The molecule has 3 rings (SSSR count). The molecule has 0 amide bonds. The molecular weight excluding hydrogens is 290 g/mol. The highest BCUT2D eigenvalue weighted by atomic mass is 16.5. The highest BCUT2D eigenvalue weighted by Crippen LogP contribution is 2.32. The molecule has 2 heterocycles. The number of aryl methyl sites for hydroxylation is 2. The van der Waals surface area contributed by atoms with Gasteiger partial charge >= 0.3 is 0 Å². The topological polar surface area (TPSA) is 54.6 Å². The molecule has 4 nitrogen and oxygen atoms in total. The average Bonchev–Trinajstić information content (AvgIpc) is 2.75. The molecule has 2 aromatic rings. The third-order valence-corrected chi connectivity index (χ3v) is 4.50. The Labute approximate surface area is 137 Å². The number of benzene rings is 1. The number of rotatable bonds is 4. The molecule has 4 heteroatoms. The number of hydrogen-bond donors (Lipinski definition) is 2. The van der Waals surface area contributed by atoms with Crippen molar-refractivity contribution in [2.75, 3.05) is 13.2 Å². The molecule has 0 aliphatic carbocycles. The van der Waals surface area contributed by atoms with Crippen molar-refractivity contribution in [3.63, 3.8) is 0 Å². The van der Waals surface area contributed by atoms with Crippen molar-refractivity contribution < 1.29 is 14.3 Å². The zero-order valence-corrected chi connectivity index (χ0v) is 14.1. The van der Waals surface area contributed by atoms with Gasteiger partial charge in [0.05, 0.1) is 6.61 Å². The molecule has 1 aliphatic rings. The molecule has 1 aromatic heterocycles. The Kier molecular flexibility index (Phi) is 4.46. The van der Waals surface area contributed by atoms with Crippen LogP contribution in [-0.2, 0) is 5.60 Å². The summed E-state index contributed by atoms with van der Waals surface area (Å²) in [5.41, 5.74) is 1.05. The van der Waals surface area contributed by atoms with Gasteiger partial charge in [-0.05, 0) is 45.7 Å². The molecular formula is C19H25NO3. The maximum absolute atomic E-state index is 10.9. The van der Waals surface area contributed by atoms with Crippen molar-refractivity contribution >= 4 is 0 Å². The first kappa shape index (κ1) is 16.1. The van der Waals surface area contributed by atoms with Crippen molar-refractivity contribution in [3.05, 3.63) is 53.0 Å². The summed E-state index contributed by atoms with van der Waals surface area (Å²) < 4.78 is 11.4. The van der Waals surface area contributed by atoms with Gasteiger partial charge in [0.25, 0.3) is 0 Å². The Morgan fingerprint density at radius 1 is 1.30 bits per heavy atom. The van der Waals surface area contributed by atoms with E-state index in [1.54, 1.807) is 0 Å². The van der Waals surface area contributed by atoms with E-state index in [4.69, 9.17) is 9.15 Å². The molecule has 2 N–H and O–H groups in total. The molecule has 23 heavy (non-hydrogen) atoms. The van der Waals surface area contributed by atoms with Gasteiger partial charge in [0.1, 0.15) is 22.9 Å². The summed E-state index contributed by atoms with van der Waals surface area (Å²) in [6.45, 7) is 6.83. The molecule has 1 aromatic carbocycles. The summed E-state index contributed by atoms with van der Waals surface area (Å²) in [4.78, 5) is 0. The van der Waals surface area contributed by atoms with Crippen LogP contribution in [0.15, 0.2) is 34.7 Å². The Hall–Kier alpha value is -1.78. The second-order valence-corrected chi connectivity index (χ2v) is 6.56. The molecule has 0 saturated heterocycles. The zero-order valence-electron chi connectivity index (χ0n) is 14.1. The number of furan rings is 1. The van der Waals surface area contributed by atoms with Gasteiger partial charge in [0, 0.05) is 23.7 Å². The predicted octanol–water partition coefficient (Wildman–Crippen LogP) is 3.61. The first-order valence-electron chi connectivity index (χ1n) is 8.22. The molecule has 124 valence electrons. The van der Waals surface area contributed by atoms with Crippen LogP contribution in [0.5, 0.6) is 5.75 Å². The second-order valence-electron chi connectivity index (χ2n) is 6.56. The highest BCUT2D eigenvalue weighted by molar-refractivity contribution is 5.36. The summed E-state index contributed by atoms with van der Waals surface area (Å²) in [6, 6.07) is 10.2. The van der Waals surface area contributed by atoms with Crippen molar-refractivity contribution in [2.45, 2.75) is 45.3 Å². The minimum absolute atomic E-state index is 0.188. The monoisotopic (exact) mass is 315 g/mol. The second kappa shape index (κ2) is 6.38. The van der Waals surface area contributed by atoms with Crippen LogP contribution in [-0.4, -0.2) is 18.3 Å². The Bertz CT molecular complexity index is 675. The van der Waals surface area contributed by atoms with Crippen LogP contribution in [0.1, 0.15) is 48.5 Å². The minimum Gasteiger partial charge on any atom is -0.493 e. The molecule has 0 spiro atoms. The standard InChI is InChI=1S/C19H25NO3/c1-13-11-16(14(2)23-13)19(3,21)12-20-17-8-6-10-22-18-9-5-4-7-15(17)18/h4-5,7,9,11,17,20-21H,6,8,10,12H2,1-3H3. The van der Waals surface area contributed by atoms with E-state index < -0.39 is 5.60 Å². The van der Waals surface area contributed by atoms with Gasteiger partial charge in [-0.2, -0.15) is 0 Å². The maximum atomic E-state index is 10.9. The van der Waals surface area contributed by atoms with Crippen LogP contribution in [0.25, 0.3) is 0 Å². The van der Waals surface area contributed by atoms with E-state index in [9.17, 15) is 5.11 Å². The lowest BCUT2D eigenvalue weighted by atomic mass is 9.94. The third-order valence-electron chi connectivity index (χ3n) is 4.50. The van der Waals surface area contributed by atoms with Crippen LogP contribution >= 0.6 is 0 Å².